The molecule has 2 aromatic heterocycles. The van der Waals surface area contributed by atoms with Gasteiger partial charge in [-0.2, -0.15) is 0 Å². The number of benzene rings is 5. The Bertz CT molecular complexity index is 1620. The van der Waals surface area contributed by atoms with Gasteiger partial charge in [0.15, 0.2) is 0 Å². The zero-order chi connectivity index (χ0) is 21.1. The summed E-state index contributed by atoms with van der Waals surface area (Å²) in [4.78, 5) is 2.64. The zero-order valence-electron chi connectivity index (χ0n) is 17.2. The highest BCUT2D eigenvalue weighted by atomic mass is 32.1. The van der Waals surface area contributed by atoms with Crippen LogP contribution in [0.25, 0.3) is 64.0 Å². The van der Waals surface area contributed by atoms with Gasteiger partial charge in [0.2, 0.25) is 0 Å². The second-order valence-corrected chi connectivity index (χ2v) is 10.1. The van der Waals surface area contributed by atoms with E-state index in [1.54, 1.807) is 22.7 Å². The molecule has 0 saturated carbocycles. The minimum absolute atomic E-state index is 1.29. The third-order valence-corrected chi connectivity index (χ3v) is 8.28. The Kier molecular flexibility index (Phi) is 3.98. The average molecular weight is 443 g/mol. The minimum Gasteiger partial charge on any atom is -0.144 e. The van der Waals surface area contributed by atoms with Gasteiger partial charge in [-0.15, -0.1) is 22.7 Å². The van der Waals surface area contributed by atoms with Crippen LogP contribution in [0.5, 0.6) is 0 Å². The van der Waals surface area contributed by atoms with E-state index >= 15 is 0 Å². The molecule has 0 bridgehead atoms. The van der Waals surface area contributed by atoms with Gasteiger partial charge in [-0.25, -0.2) is 0 Å². The molecule has 0 aliphatic rings. The molecule has 0 nitrogen and oxygen atoms in total. The summed E-state index contributed by atoms with van der Waals surface area (Å²) in [5, 5.41) is 14.8. The molecule has 7 rings (SSSR count). The molecule has 0 radical (unpaired) electrons. The summed E-state index contributed by atoms with van der Waals surface area (Å²) in [6, 6.07) is 36.1. The van der Waals surface area contributed by atoms with Crippen molar-refractivity contribution in [1.82, 2.24) is 0 Å². The van der Waals surface area contributed by atoms with Gasteiger partial charge >= 0.3 is 0 Å². The zero-order valence-corrected chi connectivity index (χ0v) is 18.8. The molecule has 0 saturated heterocycles. The highest BCUT2D eigenvalue weighted by Gasteiger charge is 2.09. The average Bonchev–Trinajstić information content (AvgIpc) is 3.57. The van der Waals surface area contributed by atoms with E-state index in [1.165, 1.54) is 64.0 Å². The first-order valence-electron chi connectivity index (χ1n) is 10.7. The molecule has 0 aliphatic carbocycles. The molecule has 0 atom stereocenters. The predicted octanol–water partition coefficient (Wildman–Crippen LogP) is 9.76. The Hall–Kier alpha value is -3.46. The lowest BCUT2D eigenvalue weighted by molar-refractivity contribution is 1.75. The number of fused-ring (bicyclic) bond motifs is 7. The molecule has 7 aromatic rings. The largest absolute Gasteiger partial charge is 0.144 e. The lowest BCUT2D eigenvalue weighted by atomic mass is 9.93. The van der Waals surface area contributed by atoms with Crippen molar-refractivity contribution in [2.45, 2.75) is 0 Å². The summed E-state index contributed by atoms with van der Waals surface area (Å²) in [5.74, 6) is 0. The highest BCUT2D eigenvalue weighted by Crippen LogP contribution is 2.37. The predicted molar refractivity (Wildman–Crippen MR) is 143 cm³/mol. The normalized spacial score (nSPS) is 11.8. The van der Waals surface area contributed by atoms with E-state index in [1.807, 2.05) is 0 Å². The Morgan fingerprint density at radius 1 is 0.375 bits per heavy atom. The number of hydrogen-bond acceptors (Lipinski definition) is 2. The maximum absolute atomic E-state index is 2.32. The maximum atomic E-state index is 2.32. The van der Waals surface area contributed by atoms with Crippen molar-refractivity contribution < 1.29 is 0 Å². The monoisotopic (exact) mass is 442 g/mol. The molecule has 0 spiro atoms. The second kappa shape index (κ2) is 7.03. The lowest BCUT2D eigenvalue weighted by Crippen LogP contribution is -1.84. The van der Waals surface area contributed by atoms with Gasteiger partial charge in [0.25, 0.3) is 0 Å². The molecule has 2 heteroatoms. The first-order valence-corrected chi connectivity index (χ1v) is 12.5. The summed E-state index contributed by atoms with van der Waals surface area (Å²) < 4.78 is 0. The summed E-state index contributed by atoms with van der Waals surface area (Å²) >= 11 is 3.58. The smallest absolute Gasteiger partial charge is 0.0342 e. The Labute approximate surface area is 194 Å². The van der Waals surface area contributed by atoms with E-state index in [2.05, 4.69) is 108 Å². The number of thiophene rings is 2. The van der Waals surface area contributed by atoms with Crippen LogP contribution in [0.1, 0.15) is 0 Å². The molecule has 0 N–H and O–H groups in total. The van der Waals surface area contributed by atoms with Gasteiger partial charge in [-0.3, -0.25) is 0 Å². The van der Waals surface area contributed by atoms with E-state index in [0.29, 0.717) is 0 Å². The fourth-order valence-electron chi connectivity index (χ4n) is 4.90. The van der Waals surface area contributed by atoms with Crippen molar-refractivity contribution in [2.75, 3.05) is 0 Å². The van der Waals surface area contributed by atoms with Crippen LogP contribution >= 0.6 is 22.7 Å². The number of rotatable bonds is 2. The van der Waals surface area contributed by atoms with Crippen molar-refractivity contribution in [3.8, 4) is 20.9 Å². The first-order chi connectivity index (χ1) is 15.8. The molecule has 0 fully saturated rings. The topological polar surface area (TPSA) is 0 Å². The SMILES string of the molecule is c1csc(-c2ccc3c(ccc4c3ccc3c5ccc(-c6cccs6)cc5ccc34)c2)c1. The van der Waals surface area contributed by atoms with E-state index in [-0.39, 0.29) is 0 Å². The van der Waals surface area contributed by atoms with Gasteiger partial charge in [0, 0.05) is 9.75 Å². The summed E-state index contributed by atoms with van der Waals surface area (Å²) in [6.07, 6.45) is 0. The van der Waals surface area contributed by atoms with Crippen molar-refractivity contribution in [2.24, 2.45) is 0 Å². The van der Waals surface area contributed by atoms with E-state index in [9.17, 15) is 0 Å². The van der Waals surface area contributed by atoms with E-state index in [0.717, 1.165) is 0 Å². The lowest BCUT2D eigenvalue weighted by Gasteiger charge is -2.11. The molecule has 5 aromatic carbocycles. The standard InChI is InChI=1S/C30H18S2/c1-3-29(31-15-1)21-7-9-23-19(17-21)5-11-27-25(23)13-14-26-24-10-8-22(30-4-2-16-32-30)18-20(24)6-12-28(26)27/h1-18H. The molecule has 32 heavy (non-hydrogen) atoms. The summed E-state index contributed by atoms with van der Waals surface area (Å²) in [6.45, 7) is 0. The van der Waals surface area contributed by atoms with Crippen molar-refractivity contribution >= 4 is 65.8 Å². The fraction of sp³-hybridized carbons (Fsp3) is 0. The molecule has 0 unspecified atom stereocenters. The second-order valence-electron chi connectivity index (χ2n) is 8.21. The van der Waals surface area contributed by atoms with Crippen LogP contribution in [0.2, 0.25) is 0 Å². The van der Waals surface area contributed by atoms with Gasteiger partial charge in [0.1, 0.15) is 0 Å². The maximum Gasteiger partial charge on any atom is 0.0342 e. The van der Waals surface area contributed by atoms with Crippen molar-refractivity contribution in [3.63, 3.8) is 0 Å². The Balaban J connectivity index is 1.45. The van der Waals surface area contributed by atoms with Crippen LogP contribution in [-0.2, 0) is 0 Å². The van der Waals surface area contributed by atoms with Gasteiger partial charge < -0.3 is 0 Å². The van der Waals surface area contributed by atoms with E-state index < -0.39 is 0 Å². The van der Waals surface area contributed by atoms with Gasteiger partial charge in [-0.05, 0) is 89.2 Å². The third kappa shape index (κ3) is 2.74. The quantitative estimate of drug-likeness (QED) is 0.234. The van der Waals surface area contributed by atoms with Crippen LogP contribution in [0.4, 0.5) is 0 Å². The minimum atomic E-state index is 1.29. The third-order valence-electron chi connectivity index (χ3n) is 6.44. The fourth-order valence-corrected chi connectivity index (χ4v) is 6.34. The van der Waals surface area contributed by atoms with Crippen LogP contribution in [0, 0.1) is 0 Å². The Morgan fingerprint density at radius 2 is 0.781 bits per heavy atom. The molecule has 150 valence electrons. The van der Waals surface area contributed by atoms with Crippen LogP contribution in [0.15, 0.2) is 108 Å². The summed E-state index contributed by atoms with van der Waals surface area (Å²) in [7, 11) is 0. The first kappa shape index (κ1) is 18.1. The molecule has 0 amide bonds. The number of hydrogen-bond donors (Lipinski definition) is 0. The van der Waals surface area contributed by atoms with E-state index in [4.69, 9.17) is 0 Å². The van der Waals surface area contributed by atoms with Crippen LogP contribution < -0.4 is 0 Å². The van der Waals surface area contributed by atoms with Crippen LogP contribution in [0.3, 0.4) is 0 Å². The molecular weight excluding hydrogens is 424 g/mol. The highest BCUT2D eigenvalue weighted by molar-refractivity contribution is 7.13. The van der Waals surface area contributed by atoms with Gasteiger partial charge in [-0.1, -0.05) is 72.8 Å². The molecule has 0 aliphatic heterocycles. The van der Waals surface area contributed by atoms with Crippen molar-refractivity contribution in [1.29, 1.82) is 0 Å². The molecule has 2 heterocycles. The van der Waals surface area contributed by atoms with Crippen LogP contribution in [-0.4, -0.2) is 0 Å². The molecular formula is C30H18S2. The van der Waals surface area contributed by atoms with Gasteiger partial charge in [0.05, 0.1) is 0 Å². The summed E-state index contributed by atoms with van der Waals surface area (Å²) in [5.41, 5.74) is 2.58. The van der Waals surface area contributed by atoms with Crippen molar-refractivity contribution in [3.05, 3.63) is 108 Å². The Morgan fingerprint density at radius 3 is 1.22 bits per heavy atom.